The van der Waals surface area contributed by atoms with Crippen LogP contribution in [-0.4, -0.2) is 16.0 Å². The van der Waals surface area contributed by atoms with Gasteiger partial charge in [0.15, 0.2) is 0 Å². The minimum atomic E-state index is 0.399. The highest BCUT2D eigenvalue weighted by Gasteiger charge is 2.11. The van der Waals surface area contributed by atoms with Gasteiger partial charge in [-0.25, -0.2) is 9.97 Å². The maximum Gasteiger partial charge on any atom is 0.137 e. The molecule has 0 aliphatic heterocycles. The van der Waals surface area contributed by atoms with E-state index in [-0.39, 0.29) is 0 Å². The van der Waals surface area contributed by atoms with Gasteiger partial charge in [-0.3, -0.25) is 0 Å². The number of halogens is 1. The van der Waals surface area contributed by atoms with Crippen LogP contribution in [0.15, 0.2) is 6.33 Å². The first-order valence-electron chi connectivity index (χ1n) is 5.80. The zero-order valence-electron chi connectivity index (χ0n) is 10.4. The van der Waals surface area contributed by atoms with Crippen LogP contribution in [0.2, 0.25) is 5.15 Å². The van der Waals surface area contributed by atoms with Gasteiger partial charge in [0.2, 0.25) is 0 Å². The van der Waals surface area contributed by atoms with Crippen molar-refractivity contribution in [1.29, 1.82) is 0 Å². The molecule has 0 fully saturated rings. The summed E-state index contributed by atoms with van der Waals surface area (Å²) in [5.74, 6) is 1.54. The smallest absolute Gasteiger partial charge is 0.137 e. The van der Waals surface area contributed by atoms with Gasteiger partial charge in [0, 0.05) is 11.6 Å². The molecule has 4 heteroatoms. The number of nitrogens with zero attached hydrogens (tertiary/aromatic N) is 2. The second kappa shape index (κ2) is 6.04. The van der Waals surface area contributed by atoms with E-state index in [1.165, 1.54) is 6.33 Å². The molecule has 0 radical (unpaired) electrons. The van der Waals surface area contributed by atoms with Gasteiger partial charge in [-0.15, -0.1) is 0 Å². The number of hydrogen-bond donors (Lipinski definition) is 1. The molecule has 0 bridgehead atoms. The Balaban J connectivity index is 2.76. The number of nitrogens with one attached hydrogen (secondary N) is 1. The Morgan fingerprint density at radius 1 is 1.31 bits per heavy atom. The molecule has 1 atom stereocenters. The van der Waals surface area contributed by atoms with E-state index in [1.807, 2.05) is 0 Å². The van der Waals surface area contributed by atoms with Crippen molar-refractivity contribution in [3.8, 4) is 0 Å². The molecule has 0 spiro atoms. The average molecular weight is 242 g/mol. The van der Waals surface area contributed by atoms with Crippen LogP contribution in [0, 0.1) is 5.92 Å². The van der Waals surface area contributed by atoms with Crippen LogP contribution < -0.4 is 5.32 Å². The summed E-state index contributed by atoms with van der Waals surface area (Å²) in [7, 11) is 0. The molecular formula is C12H20ClN3. The van der Waals surface area contributed by atoms with Crippen LogP contribution in [0.3, 0.4) is 0 Å². The van der Waals surface area contributed by atoms with Crippen molar-refractivity contribution < 1.29 is 0 Å². The van der Waals surface area contributed by atoms with Crippen LogP contribution >= 0.6 is 11.6 Å². The molecule has 1 rings (SSSR count). The Morgan fingerprint density at radius 2 is 2.00 bits per heavy atom. The average Bonchev–Trinajstić information content (AvgIpc) is 2.16. The number of rotatable bonds is 5. The molecule has 0 saturated carbocycles. The summed E-state index contributed by atoms with van der Waals surface area (Å²) < 4.78 is 0. The van der Waals surface area contributed by atoms with Gasteiger partial charge < -0.3 is 5.32 Å². The van der Waals surface area contributed by atoms with Gasteiger partial charge >= 0.3 is 0 Å². The standard InChI is InChI=1S/C12H20ClN3/c1-5-10-11(13)14-7-15-12(10)16-9(4)6-8(2)3/h7-9H,5-6H2,1-4H3,(H,14,15,16). The third-order valence-corrected chi connectivity index (χ3v) is 2.78. The van der Waals surface area contributed by atoms with Crippen molar-refractivity contribution in [2.75, 3.05) is 5.32 Å². The van der Waals surface area contributed by atoms with E-state index in [0.29, 0.717) is 17.1 Å². The quantitative estimate of drug-likeness (QED) is 0.802. The first kappa shape index (κ1) is 13.2. The predicted octanol–water partition coefficient (Wildman–Crippen LogP) is 3.54. The van der Waals surface area contributed by atoms with E-state index >= 15 is 0 Å². The van der Waals surface area contributed by atoms with Gasteiger partial charge in [0.25, 0.3) is 0 Å². The van der Waals surface area contributed by atoms with E-state index in [1.54, 1.807) is 0 Å². The lowest BCUT2D eigenvalue weighted by molar-refractivity contribution is 0.538. The van der Waals surface area contributed by atoms with Crippen LogP contribution in [0.25, 0.3) is 0 Å². The molecule has 1 unspecified atom stereocenters. The molecular weight excluding hydrogens is 222 g/mol. The highest BCUT2D eigenvalue weighted by molar-refractivity contribution is 6.30. The number of anilines is 1. The monoisotopic (exact) mass is 241 g/mol. The van der Waals surface area contributed by atoms with Gasteiger partial charge in [-0.2, -0.15) is 0 Å². The molecule has 1 heterocycles. The van der Waals surface area contributed by atoms with Gasteiger partial charge in [0.05, 0.1) is 0 Å². The first-order chi connectivity index (χ1) is 7.54. The van der Waals surface area contributed by atoms with Crippen LogP contribution in [0.1, 0.15) is 39.7 Å². The summed E-state index contributed by atoms with van der Waals surface area (Å²) in [5, 5.41) is 3.95. The Bertz CT molecular complexity index is 339. The van der Waals surface area contributed by atoms with Crippen molar-refractivity contribution in [1.82, 2.24) is 9.97 Å². The fourth-order valence-electron chi connectivity index (χ4n) is 1.83. The molecule has 90 valence electrons. The third-order valence-electron chi connectivity index (χ3n) is 2.45. The normalized spacial score (nSPS) is 12.9. The minimum Gasteiger partial charge on any atom is -0.367 e. The first-order valence-corrected chi connectivity index (χ1v) is 6.18. The largest absolute Gasteiger partial charge is 0.367 e. The van der Waals surface area contributed by atoms with E-state index < -0.39 is 0 Å². The van der Waals surface area contributed by atoms with Crippen LogP contribution in [0.5, 0.6) is 0 Å². The van der Waals surface area contributed by atoms with Crippen molar-refractivity contribution in [2.45, 2.75) is 46.6 Å². The van der Waals surface area contributed by atoms with Crippen LogP contribution in [0.4, 0.5) is 5.82 Å². The van der Waals surface area contributed by atoms with Gasteiger partial charge in [-0.05, 0) is 25.7 Å². The number of hydrogen-bond acceptors (Lipinski definition) is 3. The minimum absolute atomic E-state index is 0.399. The zero-order valence-corrected chi connectivity index (χ0v) is 11.2. The molecule has 1 aromatic heterocycles. The van der Waals surface area contributed by atoms with Crippen molar-refractivity contribution in [3.05, 3.63) is 17.0 Å². The topological polar surface area (TPSA) is 37.8 Å². The fraction of sp³-hybridized carbons (Fsp3) is 0.667. The molecule has 3 nitrogen and oxygen atoms in total. The van der Waals surface area contributed by atoms with E-state index in [0.717, 1.165) is 24.2 Å². The Morgan fingerprint density at radius 3 is 2.56 bits per heavy atom. The molecule has 1 N–H and O–H groups in total. The SMILES string of the molecule is CCc1c(Cl)ncnc1NC(C)CC(C)C. The highest BCUT2D eigenvalue weighted by Crippen LogP contribution is 2.21. The lowest BCUT2D eigenvalue weighted by Crippen LogP contribution is -2.19. The number of aromatic nitrogens is 2. The third kappa shape index (κ3) is 3.63. The molecule has 1 aromatic rings. The lowest BCUT2D eigenvalue weighted by Gasteiger charge is -2.18. The molecule has 0 amide bonds. The van der Waals surface area contributed by atoms with E-state index in [2.05, 4.69) is 43.0 Å². The fourth-order valence-corrected chi connectivity index (χ4v) is 2.09. The summed E-state index contributed by atoms with van der Waals surface area (Å²) in [6.07, 6.45) is 3.47. The molecule has 0 aliphatic carbocycles. The van der Waals surface area contributed by atoms with Crippen molar-refractivity contribution in [2.24, 2.45) is 5.92 Å². The molecule has 0 aromatic carbocycles. The van der Waals surface area contributed by atoms with Gasteiger partial charge in [-0.1, -0.05) is 32.4 Å². The zero-order chi connectivity index (χ0) is 12.1. The molecule has 16 heavy (non-hydrogen) atoms. The second-order valence-corrected chi connectivity index (χ2v) is 4.88. The highest BCUT2D eigenvalue weighted by atomic mass is 35.5. The van der Waals surface area contributed by atoms with E-state index in [9.17, 15) is 0 Å². The summed E-state index contributed by atoms with van der Waals surface area (Å²) in [5.41, 5.74) is 1.000. The molecule has 0 aliphatic rings. The molecule has 0 saturated heterocycles. The van der Waals surface area contributed by atoms with Crippen LogP contribution in [-0.2, 0) is 6.42 Å². The Labute approximate surface area is 103 Å². The summed E-state index contributed by atoms with van der Waals surface area (Å²) >= 11 is 6.03. The maximum atomic E-state index is 6.03. The summed E-state index contributed by atoms with van der Waals surface area (Å²) in [6, 6.07) is 0.399. The second-order valence-electron chi connectivity index (χ2n) is 4.52. The Kier molecular flexibility index (Phi) is 5.00. The van der Waals surface area contributed by atoms with Crippen molar-refractivity contribution >= 4 is 17.4 Å². The predicted molar refractivity (Wildman–Crippen MR) is 69.0 cm³/mol. The maximum absolute atomic E-state index is 6.03. The lowest BCUT2D eigenvalue weighted by atomic mass is 10.1. The van der Waals surface area contributed by atoms with E-state index in [4.69, 9.17) is 11.6 Å². The summed E-state index contributed by atoms with van der Waals surface area (Å²) in [4.78, 5) is 8.24. The van der Waals surface area contributed by atoms with Gasteiger partial charge in [0.1, 0.15) is 17.3 Å². The summed E-state index contributed by atoms with van der Waals surface area (Å²) in [6.45, 7) is 8.65. The Hall–Kier alpha value is -0.830. The van der Waals surface area contributed by atoms with Crippen molar-refractivity contribution in [3.63, 3.8) is 0 Å².